The number of imidazole rings is 1. The average molecular weight is 281 g/mol. The van der Waals surface area contributed by atoms with E-state index in [0.29, 0.717) is 0 Å². The van der Waals surface area contributed by atoms with Crippen LogP contribution in [0.5, 0.6) is 0 Å². The first-order chi connectivity index (χ1) is 7.66. The Morgan fingerprint density at radius 2 is 2.06 bits per heavy atom. The first kappa shape index (κ1) is 10.9. The van der Waals surface area contributed by atoms with Crippen molar-refractivity contribution in [2.75, 3.05) is 0 Å². The number of aliphatic carboxylic acids is 1. The zero-order valence-electron chi connectivity index (χ0n) is 8.30. The Kier molecular flexibility index (Phi) is 3.05. The van der Waals surface area contributed by atoms with Crippen molar-refractivity contribution in [2.45, 2.75) is 6.54 Å². The summed E-state index contributed by atoms with van der Waals surface area (Å²) in [6.45, 7) is -0.0780. The predicted octanol–water partition coefficient (Wildman–Crippen LogP) is 2.40. The number of hydrogen-bond donors (Lipinski definition) is 1. The second-order valence-corrected chi connectivity index (χ2v) is 4.22. The van der Waals surface area contributed by atoms with E-state index in [2.05, 4.69) is 20.9 Å². The fraction of sp³-hybridized carbons (Fsp3) is 0.0909. The highest BCUT2D eigenvalue weighted by molar-refractivity contribution is 9.10. The van der Waals surface area contributed by atoms with Gasteiger partial charge in [0.25, 0.3) is 0 Å². The van der Waals surface area contributed by atoms with Crippen LogP contribution in [0.2, 0.25) is 0 Å². The third-order valence-corrected chi connectivity index (χ3v) is 2.69. The molecule has 0 amide bonds. The van der Waals surface area contributed by atoms with Gasteiger partial charge < -0.3 is 9.67 Å². The third kappa shape index (κ3) is 2.30. The molecule has 0 aliphatic rings. The summed E-state index contributed by atoms with van der Waals surface area (Å²) in [4.78, 5) is 14.6. The highest BCUT2D eigenvalue weighted by Crippen LogP contribution is 2.21. The lowest BCUT2D eigenvalue weighted by Gasteiger charge is -2.05. The van der Waals surface area contributed by atoms with E-state index in [4.69, 9.17) is 5.11 Å². The van der Waals surface area contributed by atoms with E-state index in [1.807, 2.05) is 24.3 Å². The lowest BCUT2D eigenvalue weighted by Crippen LogP contribution is -2.08. The van der Waals surface area contributed by atoms with Crippen LogP contribution in [0, 0.1) is 0 Å². The molecule has 0 saturated heterocycles. The Bertz CT molecular complexity index is 505. The number of nitrogens with zero attached hydrogens (tertiary/aromatic N) is 2. The van der Waals surface area contributed by atoms with Crippen molar-refractivity contribution in [1.29, 1.82) is 0 Å². The van der Waals surface area contributed by atoms with Gasteiger partial charge in [-0.3, -0.25) is 4.79 Å². The lowest BCUT2D eigenvalue weighted by molar-refractivity contribution is -0.137. The van der Waals surface area contributed by atoms with E-state index >= 15 is 0 Å². The van der Waals surface area contributed by atoms with Gasteiger partial charge in [0.2, 0.25) is 0 Å². The normalized spacial score (nSPS) is 10.3. The van der Waals surface area contributed by atoms with Gasteiger partial charge in [0, 0.05) is 4.47 Å². The molecule has 0 aliphatic carbocycles. The molecular formula is C11H9BrN2O2. The Hall–Kier alpha value is -1.62. The van der Waals surface area contributed by atoms with Crippen molar-refractivity contribution in [3.63, 3.8) is 0 Å². The third-order valence-electron chi connectivity index (χ3n) is 2.16. The van der Waals surface area contributed by atoms with Crippen LogP contribution >= 0.6 is 15.9 Å². The minimum absolute atomic E-state index is 0.0780. The molecule has 4 nitrogen and oxygen atoms in total. The van der Waals surface area contributed by atoms with Crippen molar-refractivity contribution >= 4 is 21.9 Å². The molecule has 1 N–H and O–H groups in total. The van der Waals surface area contributed by atoms with Crippen molar-refractivity contribution < 1.29 is 9.90 Å². The van der Waals surface area contributed by atoms with Gasteiger partial charge in [0.1, 0.15) is 6.54 Å². The summed E-state index contributed by atoms with van der Waals surface area (Å²) in [6, 6.07) is 7.65. The van der Waals surface area contributed by atoms with Gasteiger partial charge in [0.15, 0.2) is 0 Å². The van der Waals surface area contributed by atoms with E-state index in [0.717, 1.165) is 15.7 Å². The molecule has 5 heteroatoms. The first-order valence-electron chi connectivity index (χ1n) is 4.64. The van der Waals surface area contributed by atoms with E-state index in [-0.39, 0.29) is 6.54 Å². The average Bonchev–Trinajstić information content (AvgIpc) is 2.66. The summed E-state index contributed by atoms with van der Waals surface area (Å²) in [5.74, 6) is -0.878. The van der Waals surface area contributed by atoms with Crippen LogP contribution in [0.25, 0.3) is 11.3 Å². The maximum atomic E-state index is 10.6. The van der Waals surface area contributed by atoms with Crippen LogP contribution in [0.15, 0.2) is 41.3 Å². The number of rotatable bonds is 3. The van der Waals surface area contributed by atoms with Crippen LogP contribution in [0.1, 0.15) is 0 Å². The number of hydrogen-bond acceptors (Lipinski definition) is 2. The predicted molar refractivity (Wildman–Crippen MR) is 63.0 cm³/mol. The van der Waals surface area contributed by atoms with Crippen LogP contribution in [0.3, 0.4) is 0 Å². The van der Waals surface area contributed by atoms with Crippen molar-refractivity contribution in [3.8, 4) is 11.3 Å². The van der Waals surface area contributed by atoms with E-state index < -0.39 is 5.97 Å². The van der Waals surface area contributed by atoms with Gasteiger partial charge in [-0.2, -0.15) is 0 Å². The molecule has 16 heavy (non-hydrogen) atoms. The largest absolute Gasteiger partial charge is 0.480 e. The SMILES string of the molecule is O=C(O)Cn1cncc1-c1ccc(Br)cc1. The molecule has 0 spiro atoms. The van der Waals surface area contributed by atoms with Crippen molar-refractivity contribution in [2.24, 2.45) is 0 Å². The molecule has 2 aromatic rings. The fourth-order valence-electron chi connectivity index (χ4n) is 1.45. The highest BCUT2D eigenvalue weighted by atomic mass is 79.9. The number of aromatic nitrogens is 2. The molecule has 0 radical (unpaired) electrons. The number of benzene rings is 1. The summed E-state index contributed by atoms with van der Waals surface area (Å²) in [5.41, 5.74) is 1.75. The van der Waals surface area contributed by atoms with E-state index in [1.165, 1.54) is 6.33 Å². The Morgan fingerprint density at radius 1 is 1.38 bits per heavy atom. The number of carbonyl (C=O) groups is 1. The maximum Gasteiger partial charge on any atom is 0.323 e. The van der Waals surface area contributed by atoms with Crippen molar-refractivity contribution in [3.05, 3.63) is 41.3 Å². The van der Waals surface area contributed by atoms with Gasteiger partial charge in [-0.15, -0.1) is 0 Å². The molecule has 0 fully saturated rings. The molecular weight excluding hydrogens is 272 g/mol. The monoisotopic (exact) mass is 280 g/mol. The molecule has 1 aromatic heterocycles. The van der Waals surface area contributed by atoms with E-state index in [9.17, 15) is 4.79 Å². The molecule has 2 rings (SSSR count). The lowest BCUT2D eigenvalue weighted by atomic mass is 10.2. The van der Waals surface area contributed by atoms with Crippen LogP contribution in [-0.2, 0) is 11.3 Å². The summed E-state index contributed by atoms with van der Waals surface area (Å²) in [6.07, 6.45) is 3.18. The van der Waals surface area contributed by atoms with Crippen LogP contribution in [-0.4, -0.2) is 20.6 Å². The molecule has 0 aliphatic heterocycles. The number of carboxylic acid groups (broad SMARTS) is 1. The van der Waals surface area contributed by atoms with Crippen molar-refractivity contribution in [1.82, 2.24) is 9.55 Å². The highest BCUT2D eigenvalue weighted by Gasteiger charge is 2.07. The Morgan fingerprint density at radius 3 is 2.69 bits per heavy atom. The molecule has 0 unspecified atom stereocenters. The molecule has 82 valence electrons. The summed E-state index contributed by atoms with van der Waals surface area (Å²) in [5, 5.41) is 8.74. The zero-order chi connectivity index (χ0) is 11.5. The Balaban J connectivity index is 2.36. The number of halogens is 1. The second kappa shape index (κ2) is 4.49. The number of carboxylic acids is 1. The quantitative estimate of drug-likeness (QED) is 0.939. The Labute approximate surface area is 101 Å². The van der Waals surface area contributed by atoms with Crippen LogP contribution < -0.4 is 0 Å². The maximum absolute atomic E-state index is 10.6. The van der Waals surface area contributed by atoms with Gasteiger partial charge in [0.05, 0.1) is 18.2 Å². The first-order valence-corrected chi connectivity index (χ1v) is 5.44. The molecule has 0 bridgehead atoms. The summed E-state index contributed by atoms with van der Waals surface area (Å²) < 4.78 is 2.59. The van der Waals surface area contributed by atoms with Gasteiger partial charge in [-0.1, -0.05) is 28.1 Å². The van der Waals surface area contributed by atoms with Gasteiger partial charge >= 0.3 is 5.97 Å². The standard InChI is InChI=1S/C11H9BrN2O2/c12-9-3-1-8(2-4-9)10-5-13-7-14(10)6-11(15)16/h1-5,7H,6H2,(H,15,16). The fourth-order valence-corrected chi connectivity index (χ4v) is 1.72. The van der Waals surface area contributed by atoms with E-state index in [1.54, 1.807) is 10.8 Å². The van der Waals surface area contributed by atoms with Gasteiger partial charge in [-0.25, -0.2) is 4.98 Å². The molecule has 0 saturated carbocycles. The van der Waals surface area contributed by atoms with Gasteiger partial charge in [-0.05, 0) is 17.7 Å². The summed E-state index contributed by atoms with van der Waals surface area (Å²) in [7, 11) is 0. The molecule has 1 heterocycles. The topological polar surface area (TPSA) is 55.1 Å². The second-order valence-electron chi connectivity index (χ2n) is 3.31. The minimum Gasteiger partial charge on any atom is -0.480 e. The molecule has 0 atom stereocenters. The molecule has 1 aromatic carbocycles. The smallest absolute Gasteiger partial charge is 0.323 e. The summed E-state index contributed by atoms with van der Waals surface area (Å²) >= 11 is 3.35. The van der Waals surface area contributed by atoms with Crippen LogP contribution in [0.4, 0.5) is 0 Å². The zero-order valence-corrected chi connectivity index (χ0v) is 9.89. The minimum atomic E-state index is -0.878.